The van der Waals surface area contributed by atoms with Crippen LogP contribution in [0.4, 0.5) is 0 Å². The van der Waals surface area contributed by atoms with E-state index >= 15 is 0 Å². The van der Waals surface area contributed by atoms with Crippen LogP contribution >= 0.6 is 0 Å². The second kappa shape index (κ2) is 13.2. The van der Waals surface area contributed by atoms with E-state index in [1.54, 1.807) is 13.8 Å². The van der Waals surface area contributed by atoms with Gasteiger partial charge in [-0.3, -0.25) is 0 Å². The molecule has 14 nitrogen and oxygen atoms in total. The number of aliphatic hydroxyl groups excluding tert-OH is 8. The van der Waals surface area contributed by atoms with Gasteiger partial charge in [0, 0.05) is 5.92 Å². The van der Waals surface area contributed by atoms with Crippen LogP contribution in [-0.4, -0.2) is 150 Å². The molecule has 55 heavy (non-hydrogen) atoms. The smallest absolute Gasteiger partial charge is 0.186 e. The van der Waals surface area contributed by atoms with E-state index < -0.39 is 96.8 Å². The van der Waals surface area contributed by atoms with Crippen molar-refractivity contribution < 1.29 is 69.6 Å². The minimum Gasteiger partial charge on any atom is -0.394 e. The minimum absolute atomic E-state index is 0.0633. The van der Waals surface area contributed by atoms with Gasteiger partial charge in [-0.2, -0.15) is 0 Å². The lowest BCUT2D eigenvalue weighted by Gasteiger charge is -2.65. The fourth-order valence-electron chi connectivity index (χ4n) is 14.9. The molecule has 0 aromatic rings. The maximum Gasteiger partial charge on any atom is 0.186 e. The van der Waals surface area contributed by atoms with Crippen molar-refractivity contribution in [2.45, 2.75) is 197 Å². The first-order valence-corrected chi connectivity index (χ1v) is 20.9. The van der Waals surface area contributed by atoms with Crippen LogP contribution in [0.5, 0.6) is 0 Å². The summed E-state index contributed by atoms with van der Waals surface area (Å²) in [5.41, 5.74) is -3.16. The Bertz CT molecular complexity index is 1460. The van der Waals surface area contributed by atoms with Crippen LogP contribution < -0.4 is 0 Å². The number of aliphatic hydroxyl groups is 9. The zero-order valence-corrected chi connectivity index (χ0v) is 33.6. The molecule has 9 N–H and O–H groups in total. The van der Waals surface area contributed by atoms with E-state index in [1.165, 1.54) is 0 Å². The average Bonchev–Trinajstić information content (AvgIpc) is 3.47. The molecule has 0 radical (unpaired) electrons. The van der Waals surface area contributed by atoms with Crippen molar-refractivity contribution in [1.82, 2.24) is 0 Å². The Labute approximate surface area is 324 Å². The van der Waals surface area contributed by atoms with E-state index in [2.05, 4.69) is 34.6 Å². The lowest BCUT2D eigenvalue weighted by Crippen LogP contribution is -2.65. The van der Waals surface area contributed by atoms with Crippen LogP contribution in [-0.2, 0) is 23.7 Å². The zero-order chi connectivity index (χ0) is 40.1. The van der Waals surface area contributed by atoms with Crippen LogP contribution in [0.3, 0.4) is 0 Å². The molecule has 0 bridgehead atoms. The molecule has 0 aromatic carbocycles. The molecule has 3 saturated heterocycles. The third kappa shape index (κ3) is 5.70. The Morgan fingerprint density at radius 2 is 1.40 bits per heavy atom. The molecule has 2 spiro atoms. The number of ether oxygens (including phenoxy) is 5. The summed E-state index contributed by atoms with van der Waals surface area (Å²) in [6.07, 6.45) is -7.48. The summed E-state index contributed by atoms with van der Waals surface area (Å²) in [5, 5.41) is 97.2. The van der Waals surface area contributed by atoms with Crippen LogP contribution in [0, 0.1) is 44.8 Å². The molecule has 21 atom stereocenters. The van der Waals surface area contributed by atoms with Crippen molar-refractivity contribution in [3.05, 3.63) is 0 Å². The van der Waals surface area contributed by atoms with Crippen molar-refractivity contribution >= 4 is 0 Å². The van der Waals surface area contributed by atoms with Crippen molar-refractivity contribution in [2.75, 3.05) is 13.2 Å². The third-order valence-electron chi connectivity index (χ3n) is 17.6. The maximum absolute atomic E-state index is 12.2. The molecule has 316 valence electrons. The normalized spacial score (nSPS) is 58.7. The van der Waals surface area contributed by atoms with Crippen LogP contribution in [0.2, 0.25) is 0 Å². The van der Waals surface area contributed by atoms with Gasteiger partial charge in [-0.1, -0.05) is 27.7 Å². The lowest BCUT2D eigenvalue weighted by atomic mass is 9.41. The zero-order valence-electron chi connectivity index (χ0n) is 33.6. The summed E-state index contributed by atoms with van der Waals surface area (Å²) in [5.74, 6) is -0.215. The summed E-state index contributed by atoms with van der Waals surface area (Å²) in [4.78, 5) is 0. The van der Waals surface area contributed by atoms with Crippen molar-refractivity contribution in [2.24, 2.45) is 44.8 Å². The fraction of sp³-hybridized carbons (Fsp3) is 1.00. The van der Waals surface area contributed by atoms with Crippen molar-refractivity contribution in [3.63, 3.8) is 0 Å². The molecule has 5 aliphatic carbocycles. The molecule has 0 aromatic heterocycles. The van der Waals surface area contributed by atoms with Crippen LogP contribution in [0.25, 0.3) is 0 Å². The first-order valence-electron chi connectivity index (χ1n) is 20.9. The number of hydrogen-bond donors (Lipinski definition) is 9. The minimum atomic E-state index is -1.60. The Morgan fingerprint density at radius 3 is 2.05 bits per heavy atom. The SMILES string of the molecule is CC(C)(O)[C@@H]1CC[C@](C)([C@H]2[C@@H](O)C[C@@]3(C)[C@@H]4C[C@H](O[C@@H]5O[C@H](CO)[C@@H](O)[C@H](O)[C@H]5O)[C@H]5C(C)(C)[C@@H](O[C@@H]6OC[C@@H](O)[C@H](O)[C@H]6O)CC[C@@]56C[C@@]46CCC23C)O1. The van der Waals surface area contributed by atoms with Gasteiger partial charge in [0.1, 0.15) is 42.7 Å². The van der Waals surface area contributed by atoms with Gasteiger partial charge < -0.3 is 69.6 Å². The molecule has 1 unspecified atom stereocenters. The van der Waals surface area contributed by atoms with Gasteiger partial charge in [0.25, 0.3) is 0 Å². The third-order valence-corrected chi connectivity index (χ3v) is 17.6. The molecule has 14 heteroatoms. The molecular formula is C41H68O14. The van der Waals surface area contributed by atoms with Crippen LogP contribution in [0.1, 0.15) is 106 Å². The van der Waals surface area contributed by atoms with Gasteiger partial charge in [0.05, 0.1) is 48.8 Å². The number of hydrogen-bond acceptors (Lipinski definition) is 14. The Morgan fingerprint density at radius 1 is 0.709 bits per heavy atom. The average molecular weight is 785 g/mol. The van der Waals surface area contributed by atoms with E-state index in [1.807, 2.05) is 0 Å². The van der Waals surface area contributed by atoms with Crippen molar-refractivity contribution in [1.29, 1.82) is 0 Å². The predicted octanol–water partition coefficient (Wildman–Crippen LogP) is 0.724. The quantitative estimate of drug-likeness (QED) is 0.162. The highest BCUT2D eigenvalue weighted by atomic mass is 16.7. The Hall–Kier alpha value is -0.560. The molecule has 3 aliphatic heterocycles. The second-order valence-electron chi connectivity index (χ2n) is 21.1. The molecule has 8 rings (SSSR count). The molecule has 5 saturated carbocycles. The number of fused-ring (bicyclic) bond motifs is 2. The van der Waals surface area contributed by atoms with Gasteiger partial charge in [-0.05, 0) is 117 Å². The van der Waals surface area contributed by atoms with E-state index in [-0.39, 0.29) is 52.1 Å². The predicted molar refractivity (Wildman–Crippen MR) is 194 cm³/mol. The highest BCUT2D eigenvalue weighted by Gasteiger charge is 2.85. The van der Waals surface area contributed by atoms with Gasteiger partial charge >= 0.3 is 0 Å². The highest BCUT2D eigenvalue weighted by Crippen LogP contribution is 2.89. The molecule has 0 amide bonds. The Kier molecular flexibility index (Phi) is 9.90. The van der Waals surface area contributed by atoms with E-state index in [0.717, 1.165) is 32.1 Å². The maximum atomic E-state index is 12.2. The molecule has 8 aliphatic rings. The first-order chi connectivity index (χ1) is 25.5. The van der Waals surface area contributed by atoms with E-state index in [4.69, 9.17) is 23.7 Å². The van der Waals surface area contributed by atoms with Crippen LogP contribution in [0.15, 0.2) is 0 Å². The summed E-state index contributed by atoms with van der Waals surface area (Å²) in [6.45, 7) is 13.8. The summed E-state index contributed by atoms with van der Waals surface area (Å²) < 4.78 is 31.9. The van der Waals surface area contributed by atoms with E-state index in [0.29, 0.717) is 25.7 Å². The van der Waals surface area contributed by atoms with Gasteiger partial charge in [0.2, 0.25) is 0 Å². The standard InChI is InChI=1S/C41H68O14/c1-35(2)24(54-33-29(48)26(45)20(44)17-51-33)9-11-41-18-40(41)13-12-37(5)31(39(7)10-8-25(55-39)36(3,4)50)19(43)15-38(37,6)23(40)14-21(32(35)41)52-34-30(49)28(47)27(46)22(16-42)53-34/h19-34,42-50H,8-18H2,1-7H3/t19-,20+,21-,22+,23-,24-,25-,26-,27+,28-,29+,30+,31-,32-,33-,34+,37?,38-,39+,40-,41+/m0/s1. The topological polar surface area (TPSA) is 228 Å². The highest BCUT2D eigenvalue weighted by molar-refractivity contribution is 5.33. The lowest BCUT2D eigenvalue weighted by molar-refractivity contribution is -0.339. The summed E-state index contributed by atoms with van der Waals surface area (Å²) in [7, 11) is 0. The molecule has 8 fully saturated rings. The van der Waals surface area contributed by atoms with Gasteiger partial charge in [-0.25, -0.2) is 0 Å². The number of rotatable bonds is 7. The fourth-order valence-corrected chi connectivity index (χ4v) is 14.9. The Balaban J connectivity index is 1.15. The summed E-state index contributed by atoms with van der Waals surface area (Å²) >= 11 is 0. The monoisotopic (exact) mass is 784 g/mol. The molecular weight excluding hydrogens is 716 g/mol. The molecule has 3 heterocycles. The van der Waals surface area contributed by atoms with Gasteiger partial charge in [0.15, 0.2) is 12.6 Å². The summed E-state index contributed by atoms with van der Waals surface area (Å²) in [6, 6.07) is 0. The second-order valence-corrected chi connectivity index (χ2v) is 21.1. The van der Waals surface area contributed by atoms with Gasteiger partial charge in [-0.15, -0.1) is 0 Å². The largest absolute Gasteiger partial charge is 0.394 e. The first kappa shape index (κ1) is 41.2. The van der Waals surface area contributed by atoms with E-state index in [9.17, 15) is 46.0 Å². The van der Waals surface area contributed by atoms with Crippen molar-refractivity contribution in [3.8, 4) is 0 Å².